The predicted octanol–water partition coefficient (Wildman–Crippen LogP) is 2.74. The molecule has 0 aliphatic carbocycles. The molecule has 3 rings (SSSR count). The summed E-state index contributed by atoms with van der Waals surface area (Å²) in [5, 5.41) is 9.72. The van der Waals surface area contributed by atoms with E-state index < -0.39 is 5.97 Å². The van der Waals surface area contributed by atoms with Crippen molar-refractivity contribution in [2.24, 2.45) is 0 Å². The van der Waals surface area contributed by atoms with E-state index in [2.05, 4.69) is 4.90 Å². The Bertz CT molecular complexity index is 648. The largest absolute Gasteiger partial charge is 0.480 e. The number of piperidine rings is 1. The van der Waals surface area contributed by atoms with Gasteiger partial charge < -0.3 is 10.0 Å². The van der Waals surface area contributed by atoms with E-state index in [0.717, 1.165) is 51.1 Å². The highest BCUT2D eigenvalue weighted by Crippen LogP contribution is 2.28. The monoisotopic (exact) mass is 415 g/mol. The fraction of sp³-hybridized carbons (Fsp3) is 0.579. The molecule has 0 radical (unpaired) electrons. The summed E-state index contributed by atoms with van der Waals surface area (Å²) in [6, 6.07) is 7.62. The summed E-state index contributed by atoms with van der Waals surface area (Å²) in [6.07, 6.45) is 2.65. The van der Waals surface area contributed by atoms with Crippen molar-refractivity contribution >= 4 is 41.6 Å². The third kappa shape index (κ3) is 5.13. The molecule has 1 atom stereocenters. The normalized spacial score (nSPS) is 21.5. The first-order valence-corrected chi connectivity index (χ1v) is 9.64. The van der Waals surface area contributed by atoms with Gasteiger partial charge in [0.2, 0.25) is 5.91 Å². The van der Waals surface area contributed by atoms with Crippen LogP contribution in [-0.2, 0) is 9.59 Å². The molecule has 1 aromatic rings. The third-order valence-electron chi connectivity index (χ3n) is 5.52. The summed E-state index contributed by atoms with van der Waals surface area (Å²) in [7, 11) is 0. The highest BCUT2D eigenvalue weighted by Gasteiger charge is 2.38. The van der Waals surface area contributed by atoms with E-state index in [-0.39, 0.29) is 36.9 Å². The maximum Gasteiger partial charge on any atom is 0.317 e. The molecule has 1 aromatic carbocycles. The molecular weight excluding hydrogens is 389 g/mol. The van der Waals surface area contributed by atoms with Crippen molar-refractivity contribution in [2.45, 2.75) is 38.3 Å². The molecule has 27 heavy (non-hydrogen) atoms. The maximum atomic E-state index is 12.9. The number of benzene rings is 1. The lowest BCUT2D eigenvalue weighted by atomic mass is 10.0. The molecule has 2 fully saturated rings. The van der Waals surface area contributed by atoms with Gasteiger partial charge in [0.05, 0.1) is 12.6 Å². The van der Waals surface area contributed by atoms with Crippen LogP contribution in [0.15, 0.2) is 24.3 Å². The first-order valence-electron chi connectivity index (χ1n) is 9.26. The van der Waals surface area contributed by atoms with Gasteiger partial charge in [-0.25, -0.2) is 0 Å². The number of anilines is 1. The number of halogens is 2. The summed E-state index contributed by atoms with van der Waals surface area (Å²) in [6.45, 7) is 5.24. The number of nitrogens with zero attached hydrogens (tertiary/aromatic N) is 3. The minimum Gasteiger partial charge on any atom is -0.480 e. The molecular formula is C19H27Cl2N3O3. The molecule has 150 valence electrons. The second kappa shape index (κ2) is 9.73. The number of aliphatic carboxylic acids is 1. The minimum atomic E-state index is -0.779. The van der Waals surface area contributed by atoms with E-state index in [1.54, 1.807) is 0 Å². The molecule has 6 nitrogen and oxygen atoms in total. The average Bonchev–Trinajstić information content (AvgIpc) is 3.02. The predicted molar refractivity (Wildman–Crippen MR) is 109 cm³/mol. The zero-order valence-corrected chi connectivity index (χ0v) is 17.1. The van der Waals surface area contributed by atoms with Crippen LogP contribution in [0.25, 0.3) is 0 Å². The van der Waals surface area contributed by atoms with E-state index in [1.807, 2.05) is 41.0 Å². The summed E-state index contributed by atoms with van der Waals surface area (Å²) in [4.78, 5) is 30.0. The second-order valence-corrected chi connectivity index (χ2v) is 7.43. The van der Waals surface area contributed by atoms with E-state index in [4.69, 9.17) is 16.7 Å². The number of carbonyl (C=O) groups excluding carboxylic acids is 1. The highest BCUT2D eigenvalue weighted by atomic mass is 35.5. The number of carboxylic acids is 1. The lowest BCUT2D eigenvalue weighted by molar-refractivity contribution is -0.139. The number of carbonyl (C=O) groups is 2. The fourth-order valence-electron chi connectivity index (χ4n) is 4.12. The van der Waals surface area contributed by atoms with Crippen LogP contribution in [-0.4, -0.2) is 71.6 Å². The topological polar surface area (TPSA) is 64.1 Å². The molecule has 0 bridgehead atoms. The molecule has 2 saturated heterocycles. The van der Waals surface area contributed by atoms with Gasteiger partial charge >= 0.3 is 5.97 Å². The molecule has 0 aromatic heterocycles. The van der Waals surface area contributed by atoms with Crippen molar-refractivity contribution in [3.05, 3.63) is 29.3 Å². The molecule has 0 saturated carbocycles. The van der Waals surface area contributed by atoms with Crippen molar-refractivity contribution in [3.63, 3.8) is 0 Å². The van der Waals surface area contributed by atoms with Crippen LogP contribution in [0.1, 0.15) is 26.2 Å². The van der Waals surface area contributed by atoms with Crippen molar-refractivity contribution < 1.29 is 14.7 Å². The highest BCUT2D eigenvalue weighted by molar-refractivity contribution is 6.30. The number of hydrogen-bond acceptors (Lipinski definition) is 4. The number of hydrogen-bond donors (Lipinski definition) is 1. The van der Waals surface area contributed by atoms with Gasteiger partial charge in [0, 0.05) is 36.4 Å². The number of carboxylic acid groups (broad SMARTS) is 1. The van der Waals surface area contributed by atoms with Crippen LogP contribution in [0.2, 0.25) is 5.02 Å². The molecule has 2 heterocycles. The Labute approximate surface area is 171 Å². The molecule has 0 spiro atoms. The first kappa shape index (κ1) is 22.0. The second-order valence-electron chi connectivity index (χ2n) is 6.99. The Morgan fingerprint density at radius 2 is 1.81 bits per heavy atom. The summed E-state index contributed by atoms with van der Waals surface area (Å²) >= 11 is 5.94. The zero-order valence-electron chi connectivity index (χ0n) is 15.5. The Balaban J connectivity index is 0.00000261. The average molecular weight is 416 g/mol. The van der Waals surface area contributed by atoms with Gasteiger partial charge in [0.1, 0.15) is 0 Å². The third-order valence-corrected chi connectivity index (χ3v) is 5.77. The quantitative estimate of drug-likeness (QED) is 0.773. The number of rotatable bonds is 6. The van der Waals surface area contributed by atoms with Crippen LogP contribution in [0.4, 0.5) is 5.69 Å². The molecule has 8 heteroatoms. The van der Waals surface area contributed by atoms with Crippen LogP contribution in [0.5, 0.6) is 0 Å². The van der Waals surface area contributed by atoms with Gasteiger partial charge in [0.15, 0.2) is 0 Å². The SMILES string of the molecule is CCN(CC(=O)O)C1CCN(C2CCN(c3ccc(Cl)cc3)C2=O)CC1.Cl. The van der Waals surface area contributed by atoms with Crippen molar-refractivity contribution in [2.75, 3.05) is 37.6 Å². The van der Waals surface area contributed by atoms with Gasteiger partial charge in [-0.2, -0.15) is 0 Å². The first-order chi connectivity index (χ1) is 12.5. The molecule has 1 N–H and O–H groups in total. The van der Waals surface area contributed by atoms with E-state index in [0.29, 0.717) is 5.02 Å². The van der Waals surface area contributed by atoms with Gasteiger partial charge in [-0.3, -0.25) is 19.4 Å². The summed E-state index contributed by atoms with van der Waals surface area (Å²) in [5.74, 6) is -0.623. The standard InChI is InChI=1S/C19H26ClN3O3.ClH/c1-2-21(13-18(24)25)15-7-10-22(11-8-15)17-9-12-23(19(17)26)16-5-3-14(20)4-6-16;/h3-6,15,17H,2,7-13H2,1H3,(H,24,25);1H. The van der Waals surface area contributed by atoms with Gasteiger partial charge in [-0.05, 0) is 50.1 Å². The van der Waals surface area contributed by atoms with Gasteiger partial charge in [0.25, 0.3) is 0 Å². The maximum absolute atomic E-state index is 12.9. The molecule has 2 aliphatic heterocycles. The lowest BCUT2D eigenvalue weighted by Crippen LogP contribution is -2.51. The Hall–Kier alpha value is -1.34. The van der Waals surface area contributed by atoms with Crippen molar-refractivity contribution in [1.82, 2.24) is 9.80 Å². The van der Waals surface area contributed by atoms with Crippen LogP contribution < -0.4 is 4.90 Å². The summed E-state index contributed by atoms with van der Waals surface area (Å²) < 4.78 is 0. The molecule has 2 aliphatic rings. The van der Waals surface area contributed by atoms with Gasteiger partial charge in [-0.15, -0.1) is 12.4 Å². The van der Waals surface area contributed by atoms with Gasteiger partial charge in [-0.1, -0.05) is 18.5 Å². The summed E-state index contributed by atoms with van der Waals surface area (Å²) in [5.41, 5.74) is 0.899. The molecule has 1 unspecified atom stereocenters. The number of likely N-dealkylation sites (tertiary alicyclic amines) is 1. The Morgan fingerprint density at radius 3 is 2.37 bits per heavy atom. The molecule has 1 amide bonds. The smallest absolute Gasteiger partial charge is 0.317 e. The number of amides is 1. The fourth-order valence-corrected chi connectivity index (χ4v) is 4.24. The Morgan fingerprint density at radius 1 is 1.19 bits per heavy atom. The van der Waals surface area contributed by atoms with E-state index >= 15 is 0 Å². The Kier molecular flexibility index (Phi) is 7.91. The lowest BCUT2D eigenvalue weighted by Gasteiger charge is -2.39. The van der Waals surface area contributed by atoms with Crippen LogP contribution >= 0.6 is 24.0 Å². The van der Waals surface area contributed by atoms with Crippen molar-refractivity contribution in [1.29, 1.82) is 0 Å². The van der Waals surface area contributed by atoms with E-state index in [1.165, 1.54) is 0 Å². The number of likely N-dealkylation sites (N-methyl/N-ethyl adjacent to an activating group) is 1. The zero-order chi connectivity index (χ0) is 18.7. The minimum absolute atomic E-state index is 0. The van der Waals surface area contributed by atoms with Crippen molar-refractivity contribution in [3.8, 4) is 0 Å². The van der Waals surface area contributed by atoms with Crippen LogP contribution in [0.3, 0.4) is 0 Å². The van der Waals surface area contributed by atoms with E-state index in [9.17, 15) is 9.59 Å². The van der Waals surface area contributed by atoms with Crippen LogP contribution in [0, 0.1) is 0 Å².